The summed E-state index contributed by atoms with van der Waals surface area (Å²) in [5.74, 6) is 1.09. The molecule has 0 aromatic heterocycles. The predicted octanol–water partition coefficient (Wildman–Crippen LogP) is 4.40. The monoisotopic (exact) mass is 362 g/mol. The maximum atomic E-state index is 12.3. The van der Waals surface area contributed by atoms with E-state index in [0.29, 0.717) is 30.3 Å². The molecule has 5 nitrogen and oxygen atoms in total. The smallest absolute Gasteiger partial charge is 0.271 e. The molecule has 0 fully saturated rings. The fourth-order valence-electron chi connectivity index (χ4n) is 2.71. The van der Waals surface area contributed by atoms with Crippen LogP contribution >= 0.6 is 0 Å². The highest BCUT2D eigenvalue weighted by Gasteiger charge is 2.07. The molecule has 0 spiro atoms. The van der Waals surface area contributed by atoms with E-state index < -0.39 is 0 Å². The van der Waals surface area contributed by atoms with E-state index >= 15 is 0 Å². The molecule has 3 aromatic rings. The Morgan fingerprint density at radius 2 is 1.67 bits per heavy atom. The fraction of sp³-hybridized carbons (Fsp3) is 0.182. The number of rotatable bonds is 7. The lowest BCUT2D eigenvalue weighted by atomic mass is 10.1. The summed E-state index contributed by atoms with van der Waals surface area (Å²) in [6, 6.07) is 19.0. The lowest BCUT2D eigenvalue weighted by Gasteiger charge is -2.11. The summed E-state index contributed by atoms with van der Waals surface area (Å²) in [6.45, 7) is 4.95. The molecule has 1 amide bonds. The Balaban J connectivity index is 1.70. The standard InChI is InChI=1S/C22H22N2O3/c1-3-26-20-12-9-16(13-21(20)27-4-2)15-23-24-22(25)19-11-10-17-7-5-6-8-18(17)14-19/h5-15H,3-4H2,1-2H3,(H,24,25)/b23-15+. The van der Waals surface area contributed by atoms with Crippen molar-refractivity contribution in [3.63, 3.8) is 0 Å². The van der Waals surface area contributed by atoms with E-state index in [1.807, 2.05) is 68.4 Å². The quantitative estimate of drug-likeness (QED) is 0.500. The first kappa shape index (κ1) is 18.5. The molecular weight excluding hydrogens is 340 g/mol. The van der Waals surface area contributed by atoms with Gasteiger partial charge in [0, 0.05) is 5.56 Å². The molecule has 138 valence electrons. The summed E-state index contributed by atoms with van der Waals surface area (Å²) >= 11 is 0. The van der Waals surface area contributed by atoms with Crippen LogP contribution in [0, 0.1) is 0 Å². The Bertz CT molecular complexity index is 967. The normalized spacial score (nSPS) is 10.9. The van der Waals surface area contributed by atoms with Gasteiger partial charge in [-0.05, 0) is 60.5 Å². The molecule has 3 rings (SSSR count). The Labute approximate surface area is 158 Å². The molecule has 0 saturated carbocycles. The van der Waals surface area contributed by atoms with Gasteiger partial charge in [0.2, 0.25) is 0 Å². The van der Waals surface area contributed by atoms with Gasteiger partial charge in [0.05, 0.1) is 19.4 Å². The number of nitrogens with one attached hydrogen (secondary N) is 1. The number of amides is 1. The van der Waals surface area contributed by atoms with E-state index in [2.05, 4.69) is 10.5 Å². The molecule has 3 aromatic carbocycles. The Kier molecular flexibility index (Phi) is 6.05. The van der Waals surface area contributed by atoms with Gasteiger partial charge in [0.1, 0.15) is 0 Å². The topological polar surface area (TPSA) is 59.9 Å². The van der Waals surface area contributed by atoms with Crippen LogP contribution in [0.25, 0.3) is 10.8 Å². The molecular formula is C22H22N2O3. The zero-order chi connectivity index (χ0) is 19.1. The summed E-state index contributed by atoms with van der Waals surface area (Å²) in [5.41, 5.74) is 3.93. The fourth-order valence-corrected chi connectivity index (χ4v) is 2.71. The number of hydrogen-bond acceptors (Lipinski definition) is 4. The van der Waals surface area contributed by atoms with Crippen LogP contribution < -0.4 is 14.9 Å². The summed E-state index contributed by atoms with van der Waals surface area (Å²) in [5, 5.41) is 6.16. The van der Waals surface area contributed by atoms with Gasteiger partial charge in [-0.3, -0.25) is 4.79 Å². The zero-order valence-corrected chi connectivity index (χ0v) is 15.4. The number of fused-ring (bicyclic) bond motifs is 1. The molecule has 27 heavy (non-hydrogen) atoms. The van der Waals surface area contributed by atoms with Gasteiger partial charge < -0.3 is 9.47 Å². The third kappa shape index (κ3) is 4.64. The molecule has 0 heterocycles. The summed E-state index contributed by atoms with van der Waals surface area (Å²) in [7, 11) is 0. The minimum Gasteiger partial charge on any atom is -0.490 e. The molecule has 0 aliphatic carbocycles. The van der Waals surface area contributed by atoms with Crippen molar-refractivity contribution >= 4 is 22.9 Å². The van der Waals surface area contributed by atoms with Gasteiger partial charge in [-0.1, -0.05) is 30.3 Å². The second kappa shape index (κ2) is 8.85. The van der Waals surface area contributed by atoms with E-state index in [4.69, 9.17) is 9.47 Å². The minimum atomic E-state index is -0.257. The lowest BCUT2D eigenvalue weighted by Crippen LogP contribution is -2.17. The summed E-state index contributed by atoms with van der Waals surface area (Å²) in [4.78, 5) is 12.3. The van der Waals surface area contributed by atoms with E-state index in [1.54, 1.807) is 12.3 Å². The van der Waals surface area contributed by atoms with E-state index in [-0.39, 0.29) is 5.91 Å². The SMILES string of the molecule is CCOc1ccc(/C=N/NC(=O)c2ccc3ccccc3c2)cc1OCC. The second-order valence-electron chi connectivity index (χ2n) is 5.83. The van der Waals surface area contributed by atoms with Crippen molar-refractivity contribution in [2.24, 2.45) is 5.10 Å². The van der Waals surface area contributed by atoms with Crippen molar-refractivity contribution in [3.05, 3.63) is 71.8 Å². The van der Waals surface area contributed by atoms with Crippen molar-refractivity contribution < 1.29 is 14.3 Å². The van der Waals surface area contributed by atoms with Crippen molar-refractivity contribution in [1.82, 2.24) is 5.43 Å². The van der Waals surface area contributed by atoms with Crippen LogP contribution in [0.1, 0.15) is 29.8 Å². The molecule has 0 aliphatic rings. The van der Waals surface area contributed by atoms with E-state index in [1.165, 1.54) is 0 Å². The van der Waals surface area contributed by atoms with Gasteiger partial charge in [-0.15, -0.1) is 0 Å². The number of benzene rings is 3. The number of ether oxygens (including phenoxy) is 2. The van der Waals surface area contributed by atoms with Crippen LogP contribution in [0.2, 0.25) is 0 Å². The third-order valence-corrected chi connectivity index (χ3v) is 3.96. The first-order valence-corrected chi connectivity index (χ1v) is 8.93. The van der Waals surface area contributed by atoms with Crippen LogP contribution in [0.5, 0.6) is 11.5 Å². The third-order valence-electron chi connectivity index (χ3n) is 3.96. The molecule has 0 unspecified atom stereocenters. The Morgan fingerprint density at radius 3 is 2.44 bits per heavy atom. The average molecular weight is 362 g/mol. The zero-order valence-electron chi connectivity index (χ0n) is 15.4. The van der Waals surface area contributed by atoms with Crippen molar-refractivity contribution in [3.8, 4) is 11.5 Å². The highest BCUT2D eigenvalue weighted by molar-refractivity contribution is 5.99. The summed E-state index contributed by atoms with van der Waals surface area (Å²) < 4.78 is 11.1. The van der Waals surface area contributed by atoms with Crippen LogP contribution in [0.3, 0.4) is 0 Å². The van der Waals surface area contributed by atoms with Crippen molar-refractivity contribution in [1.29, 1.82) is 0 Å². The Morgan fingerprint density at radius 1 is 0.926 bits per heavy atom. The number of carbonyl (C=O) groups excluding carboxylic acids is 1. The summed E-state index contributed by atoms with van der Waals surface area (Å²) in [6.07, 6.45) is 1.58. The first-order chi connectivity index (χ1) is 13.2. The van der Waals surface area contributed by atoms with Crippen LogP contribution in [0.15, 0.2) is 65.8 Å². The highest BCUT2D eigenvalue weighted by atomic mass is 16.5. The molecule has 0 saturated heterocycles. The maximum absolute atomic E-state index is 12.3. The highest BCUT2D eigenvalue weighted by Crippen LogP contribution is 2.28. The van der Waals surface area contributed by atoms with Crippen molar-refractivity contribution in [2.75, 3.05) is 13.2 Å². The second-order valence-corrected chi connectivity index (χ2v) is 5.83. The predicted molar refractivity (Wildman–Crippen MR) is 108 cm³/mol. The number of hydrazone groups is 1. The maximum Gasteiger partial charge on any atom is 0.271 e. The van der Waals surface area contributed by atoms with Gasteiger partial charge in [-0.2, -0.15) is 5.10 Å². The van der Waals surface area contributed by atoms with Gasteiger partial charge >= 0.3 is 0 Å². The molecule has 1 N–H and O–H groups in total. The number of carbonyl (C=O) groups is 1. The van der Waals surface area contributed by atoms with Gasteiger partial charge in [-0.25, -0.2) is 5.43 Å². The number of hydrogen-bond donors (Lipinski definition) is 1. The molecule has 0 bridgehead atoms. The van der Waals surface area contributed by atoms with Gasteiger partial charge in [0.15, 0.2) is 11.5 Å². The molecule has 0 radical (unpaired) electrons. The molecule has 0 aliphatic heterocycles. The largest absolute Gasteiger partial charge is 0.490 e. The average Bonchev–Trinajstić information content (AvgIpc) is 2.69. The van der Waals surface area contributed by atoms with E-state index in [9.17, 15) is 4.79 Å². The van der Waals surface area contributed by atoms with Crippen molar-refractivity contribution in [2.45, 2.75) is 13.8 Å². The van der Waals surface area contributed by atoms with E-state index in [0.717, 1.165) is 16.3 Å². The van der Waals surface area contributed by atoms with Crippen LogP contribution in [-0.4, -0.2) is 25.3 Å². The van der Waals surface area contributed by atoms with Gasteiger partial charge in [0.25, 0.3) is 5.91 Å². The molecule has 5 heteroatoms. The number of nitrogens with zero attached hydrogens (tertiary/aromatic N) is 1. The Hall–Kier alpha value is -3.34. The minimum absolute atomic E-state index is 0.257. The first-order valence-electron chi connectivity index (χ1n) is 8.93. The van der Waals surface area contributed by atoms with Crippen LogP contribution in [-0.2, 0) is 0 Å². The van der Waals surface area contributed by atoms with Crippen LogP contribution in [0.4, 0.5) is 0 Å². The lowest BCUT2D eigenvalue weighted by molar-refractivity contribution is 0.0955. The molecule has 0 atom stereocenters.